The summed E-state index contributed by atoms with van der Waals surface area (Å²) in [6, 6.07) is 16.2. The zero-order valence-corrected chi connectivity index (χ0v) is 23.7. The highest BCUT2D eigenvalue weighted by atomic mass is 32.1. The Morgan fingerprint density at radius 3 is 2.42 bits per heavy atom. The Labute approximate surface area is 236 Å². The predicted molar refractivity (Wildman–Crippen MR) is 151 cm³/mol. The van der Waals surface area contributed by atoms with Crippen LogP contribution in [0.3, 0.4) is 0 Å². The molecule has 9 nitrogen and oxygen atoms in total. The van der Waals surface area contributed by atoms with Crippen LogP contribution >= 0.6 is 11.3 Å². The Morgan fingerprint density at radius 2 is 1.70 bits per heavy atom. The van der Waals surface area contributed by atoms with Crippen LogP contribution in [-0.4, -0.2) is 52.7 Å². The number of hydrogen-bond acceptors (Lipinski definition) is 9. The van der Waals surface area contributed by atoms with Gasteiger partial charge in [-0.25, -0.2) is 4.79 Å². The standard InChI is InChI=1S/C30H30N4O5S/c1-18-19(2)40-29-26(18)27(22-10-12-23(13-11-22)30(36)39-17-21-8-6-5-7-9-21)31-24(16-25(35)38-15-14-37-4)28-33-32-20(3)34(28)29/h5-13,24H,14-17H2,1-4H3/t24-/m0/s1. The molecule has 0 fully saturated rings. The monoisotopic (exact) mass is 558 g/mol. The van der Waals surface area contributed by atoms with Gasteiger partial charge >= 0.3 is 11.9 Å². The second-order valence-electron chi connectivity index (χ2n) is 9.45. The van der Waals surface area contributed by atoms with Crippen LogP contribution in [0.25, 0.3) is 5.00 Å². The summed E-state index contributed by atoms with van der Waals surface area (Å²) in [7, 11) is 1.55. The van der Waals surface area contributed by atoms with E-state index in [4.69, 9.17) is 19.2 Å². The molecule has 0 N–H and O–H groups in total. The van der Waals surface area contributed by atoms with Crippen molar-refractivity contribution in [2.75, 3.05) is 20.3 Å². The van der Waals surface area contributed by atoms with Crippen LogP contribution in [0.5, 0.6) is 0 Å². The van der Waals surface area contributed by atoms with Crippen molar-refractivity contribution in [3.05, 3.63) is 98.9 Å². The maximum absolute atomic E-state index is 12.7. The first-order valence-corrected chi connectivity index (χ1v) is 13.8. The maximum Gasteiger partial charge on any atom is 0.338 e. The third-order valence-corrected chi connectivity index (χ3v) is 7.95. The van der Waals surface area contributed by atoms with Gasteiger partial charge in [0.1, 0.15) is 30.1 Å². The minimum atomic E-state index is -0.610. The van der Waals surface area contributed by atoms with E-state index in [2.05, 4.69) is 24.0 Å². The predicted octanol–water partition coefficient (Wildman–Crippen LogP) is 5.08. The number of esters is 2. The van der Waals surface area contributed by atoms with Crippen LogP contribution in [0.15, 0.2) is 59.6 Å². The number of aryl methyl sites for hydroxylation is 2. The van der Waals surface area contributed by atoms with E-state index in [1.165, 1.54) is 0 Å². The first-order chi connectivity index (χ1) is 19.4. The van der Waals surface area contributed by atoms with Gasteiger partial charge < -0.3 is 14.2 Å². The highest BCUT2D eigenvalue weighted by Crippen LogP contribution is 2.39. The largest absolute Gasteiger partial charge is 0.463 e. The second kappa shape index (κ2) is 11.9. The molecule has 0 spiro atoms. The molecule has 0 bridgehead atoms. The summed E-state index contributed by atoms with van der Waals surface area (Å²) in [4.78, 5) is 31.7. The molecule has 5 rings (SSSR count). The van der Waals surface area contributed by atoms with E-state index in [1.807, 2.05) is 54.0 Å². The summed E-state index contributed by atoms with van der Waals surface area (Å²) in [5.74, 6) is 0.495. The molecule has 0 saturated carbocycles. The third-order valence-electron chi connectivity index (χ3n) is 6.76. The first kappa shape index (κ1) is 27.4. The molecular weight excluding hydrogens is 528 g/mol. The molecule has 206 valence electrons. The summed E-state index contributed by atoms with van der Waals surface area (Å²) < 4.78 is 17.8. The lowest BCUT2D eigenvalue weighted by atomic mass is 9.98. The van der Waals surface area contributed by atoms with Gasteiger partial charge in [-0.05, 0) is 44.0 Å². The number of thiophene rings is 1. The maximum atomic E-state index is 12.7. The molecule has 0 amide bonds. The number of carbonyl (C=O) groups excluding carboxylic acids is 2. The molecule has 3 heterocycles. The minimum Gasteiger partial charge on any atom is -0.463 e. The Bertz CT molecular complexity index is 1560. The number of aromatic nitrogens is 3. The number of nitrogens with zero attached hydrogens (tertiary/aromatic N) is 4. The quantitative estimate of drug-likeness (QED) is 0.208. The van der Waals surface area contributed by atoms with E-state index in [0.29, 0.717) is 23.8 Å². The van der Waals surface area contributed by atoms with Crippen LogP contribution < -0.4 is 0 Å². The van der Waals surface area contributed by atoms with Crippen molar-refractivity contribution in [1.29, 1.82) is 0 Å². The third kappa shape index (κ3) is 5.59. The normalized spacial score (nSPS) is 14.1. The van der Waals surface area contributed by atoms with Gasteiger partial charge in [-0.2, -0.15) is 0 Å². The number of ether oxygens (including phenoxy) is 3. The summed E-state index contributed by atoms with van der Waals surface area (Å²) in [5.41, 5.74) is 4.95. The van der Waals surface area contributed by atoms with E-state index in [1.54, 1.807) is 30.6 Å². The number of fused-ring (bicyclic) bond motifs is 3. The van der Waals surface area contributed by atoms with Crippen molar-refractivity contribution in [1.82, 2.24) is 14.8 Å². The van der Waals surface area contributed by atoms with Crippen molar-refractivity contribution < 1.29 is 23.8 Å². The Balaban J connectivity index is 1.48. The average Bonchev–Trinajstić information content (AvgIpc) is 3.44. The van der Waals surface area contributed by atoms with Crippen molar-refractivity contribution in [2.45, 2.75) is 39.8 Å². The first-order valence-electron chi connectivity index (χ1n) is 12.9. The fourth-order valence-corrected chi connectivity index (χ4v) is 5.76. The van der Waals surface area contributed by atoms with Gasteiger partial charge in [-0.1, -0.05) is 42.5 Å². The van der Waals surface area contributed by atoms with Gasteiger partial charge in [-0.15, -0.1) is 21.5 Å². The zero-order chi connectivity index (χ0) is 28.2. The molecule has 10 heteroatoms. The fraction of sp³-hybridized carbons (Fsp3) is 0.300. The van der Waals surface area contributed by atoms with Crippen molar-refractivity contribution in [2.24, 2.45) is 4.99 Å². The number of hydrogen-bond donors (Lipinski definition) is 0. The average molecular weight is 559 g/mol. The molecule has 1 aliphatic rings. The highest BCUT2D eigenvalue weighted by Gasteiger charge is 2.32. The number of methoxy groups -OCH3 is 1. The van der Waals surface area contributed by atoms with Gasteiger partial charge in [0.05, 0.1) is 24.3 Å². The van der Waals surface area contributed by atoms with Gasteiger partial charge in [0.25, 0.3) is 0 Å². The lowest BCUT2D eigenvalue weighted by molar-refractivity contribution is -0.145. The van der Waals surface area contributed by atoms with E-state index in [0.717, 1.165) is 37.8 Å². The Morgan fingerprint density at radius 1 is 0.950 bits per heavy atom. The van der Waals surface area contributed by atoms with Gasteiger partial charge in [-0.3, -0.25) is 14.4 Å². The molecule has 2 aromatic carbocycles. The van der Waals surface area contributed by atoms with Crippen LogP contribution in [0.4, 0.5) is 0 Å². The van der Waals surface area contributed by atoms with Crippen molar-refractivity contribution in [3.8, 4) is 5.00 Å². The molecule has 4 aromatic rings. The molecule has 0 radical (unpaired) electrons. The summed E-state index contributed by atoms with van der Waals surface area (Å²) in [6.07, 6.45) is 0.00220. The smallest absolute Gasteiger partial charge is 0.338 e. The van der Waals surface area contributed by atoms with E-state index in [-0.39, 0.29) is 19.6 Å². The molecule has 0 aliphatic carbocycles. The van der Waals surface area contributed by atoms with Crippen LogP contribution in [0.2, 0.25) is 0 Å². The van der Waals surface area contributed by atoms with Crippen molar-refractivity contribution in [3.63, 3.8) is 0 Å². The van der Waals surface area contributed by atoms with Gasteiger partial charge in [0, 0.05) is 23.1 Å². The fourth-order valence-electron chi connectivity index (χ4n) is 4.55. The minimum absolute atomic E-state index is 0.00220. The number of benzene rings is 2. The van der Waals surface area contributed by atoms with E-state index >= 15 is 0 Å². The molecule has 0 saturated heterocycles. The topological polar surface area (TPSA) is 105 Å². The molecule has 2 aromatic heterocycles. The molecule has 1 aliphatic heterocycles. The van der Waals surface area contributed by atoms with Crippen molar-refractivity contribution >= 4 is 29.0 Å². The summed E-state index contributed by atoms with van der Waals surface area (Å²) >= 11 is 1.64. The lowest BCUT2D eigenvalue weighted by Gasteiger charge is -2.13. The zero-order valence-electron chi connectivity index (χ0n) is 22.8. The number of aliphatic imine (C=N–C) groups is 1. The van der Waals surface area contributed by atoms with Gasteiger partial charge in [0.2, 0.25) is 0 Å². The van der Waals surface area contributed by atoms with Crippen LogP contribution in [-0.2, 0) is 25.6 Å². The SMILES string of the molecule is COCCOC(=O)C[C@@H]1N=C(c2ccc(C(=O)OCc3ccccc3)cc2)c2c(sc(C)c2C)-n2c(C)nnc21. The molecule has 40 heavy (non-hydrogen) atoms. The molecule has 0 unspecified atom stereocenters. The van der Waals surface area contributed by atoms with Crippen LogP contribution in [0, 0.1) is 20.8 Å². The summed E-state index contributed by atoms with van der Waals surface area (Å²) in [5, 5.41) is 9.67. The second-order valence-corrected chi connectivity index (χ2v) is 10.7. The number of carbonyl (C=O) groups is 2. The highest BCUT2D eigenvalue weighted by molar-refractivity contribution is 7.15. The molecular formula is C30H30N4O5S. The lowest BCUT2D eigenvalue weighted by Crippen LogP contribution is -2.15. The number of rotatable bonds is 9. The van der Waals surface area contributed by atoms with E-state index in [9.17, 15) is 9.59 Å². The molecule has 1 atom stereocenters. The van der Waals surface area contributed by atoms with Crippen LogP contribution in [0.1, 0.15) is 61.6 Å². The Hall–Kier alpha value is -4.15. The Kier molecular flexibility index (Phi) is 8.18. The summed E-state index contributed by atoms with van der Waals surface area (Å²) in [6.45, 7) is 6.70. The van der Waals surface area contributed by atoms with E-state index < -0.39 is 18.0 Å². The van der Waals surface area contributed by atoms with Gasteiger partial charge in [0.15, 0.2) is 5.82 Å².